The van der Waals surface area contributed by atoms with Gasteiger partial charge in [0.05, 0.1) is 0 Å². The van der Waals surface area contributed by atoms with Crippen molar-refractivity contribution in [3.8, 4) is 0 Å². The molecular formula is C13H19NO2. The maximum Gasteiger partial charge on any atom is 0.251 e. The number of aliphatic hydroxyl groups excluding tert-OH is 1. The van der Waals surface area contributed by atoms with Crippen LogP contribution < -0.4 is 5.32 Å². The summed E-state index contributed by atoms with van der Waals surface area (Å²) in [5, 5.41) is 11.9. The van der Waals surface area contributed by atoms with E-state index in [2.05, 4.69) is 5.32 Å². The van der Waals surface area contributed by atoms with Crippen molar-refractivity contribution in [2.75, 3.05) is 6.61 Å². The third-order valence-electron chi connectivity index (χ3n) is 2.89. The summed E-state index contributed by atoms with van der Waals surface area (Å²) in [5.41, 5.74) is 1.66. The normalized spacial score (nSPS) is 14.2. The Labute approximate surface area is 96.5 Å². The Morgan fingerprint density at radius 3 is 2.56 bits per heavy atom. The molecule has 2 N–H and O–H groups in total. The second kappa shape index (κ2) is 5.66. The lowest BCUT2D eigenvalue weighted by atomic mass is 10.0. The van der Waals surface area contributed by atoms with Gasteiger partial charge < -0.3 is 10.4 Å². The van der Waals surface area contributed by atoms with E-state index in [1.54, 1.807) is 6.07 Å². The fourth-order valence-electron chi connectivity index (χ4n) is 1.41. The van der Waals surface area contributed by atoms with E-state index in [-0.39, 0.29) is 24.5 Å². The van der Waals surface area contributed by atoms with Gasteiger partial charge in [0.25, 0.3) is 5.91 Å². The molecule has 3 heteroatoms. The number of rotatable bonds is 4. The molecule has 0 aliphatic rings. The van der Waals surface area contributed by atoms with Crippen molar-refractivity contribution in [2.24, 2.45) is 5.92 Å². The molecule has 1 rings (SSSR count). The Balaban J connectivity index is 2.70. The molecule has 88 valence electrons. The first-order chi connectivity index (χ1) is 7.56. The third kappa shape index (κ3) is 3.07. The molecule has 0 spiro atoms. The van der Waals surface area contributed by atoms with E-state index in [1.165, 1.54) is 0 Å². The van der Waals surface area contributed by atoms with Crippen molar-refractivity contribution in [1.29, 1.82) is 0 Å². The minimum absolute atomic E-state index is 0.0305. The summed E-state index contributed by atoms with van der Waals surface area (Å²) in [4.78, 5) is 11.9. The second-order valence-corrected chi connectivity index (χ2v) is 4.24. The van der Waals surface area contributed by atoms with Crippen LogP contribution in [0.1, 0.15) is 29.8 Å². The topological polar surface area (TPSA) is 49.3 Å². The molecule has 0 radical (unpaired) electrons. The maximum absolute atomic E-state index is 11.9. The van der Waals surface area contributed by atoms with Crippen LogP contribution in [0, 0.1) is 12.8 Å². The van der Waals surface area contributed by atoms with Gasteiger partial charge in [-0.3, -0.25) is 4.79 Å². The number of carbonyl (C=O) groups excluding carboxylic acids is 1. The summed E-state index contributed by atoms with van der Waals surface area (Å²) in [6.07, 6.45) is 0. The molecule has 2 unspecified atom stereocenters. The van der Waals surface area contributed by atoms with Gasteiger partial charge in [-0.05, 0) is 31.4 Å². The van der Waals surface area contributed by atoms with Gasteiger partial charge in [-0.15, -0.1) is 0 Å². The highest BCUT2D eigenvalue weighted by molar-refractivity contribution is 5.95. The lowest BCUT2D eigenvalue weighted by molar-refractivity contribution is 0.0915. The van der Waals surface area contributed by atoms with E-state index >= 15 is 0 Å². The smallest absolute Gasteiger partial charge is 0.251 e. The molecule has 3 nitrogen and oxygen atoms in total. The highest BCUT2D eigenvalue weighted by Crippen LogP contribution is 2.08. The maximum atomic E-state index is 11.9. The van der Waals surface area contributed by atoms with E-state index in [0.717, 1.165) is 5.56 Å². The van der Waals surface area contributed by atoms with Crippen molar-refractivity contribution < 1.29 is 9.90 Å². The Hall–Kier alpha value is -1.35. The molecule has 0 saturated carbocycles. The Morgan fingerprint density at radius 2 is 2.00 bits per heavy atom. The molecule has 0 saturated heterocycles. The zero-order chi connectivity index (χ0) is 12.1. The lowest BCUT2D eigenvalue weighted by Gasteiger charge is -2.19. The fourth-order valence-corrected chi connectivity index (χ4v) is 1.41. The third-order valence-corrected chi connectivity index (χ3v) is 2.89. The van der Waals surface area contributed by atoms with Crippen LogP contribution in [0.4, 0.5) is 0 Å². The Morgan fingerprint density at radius 1 is 1.38 bits per heavy atom. The van der Waals surface area contributed by atoms with Gasteiger partial charge >= 0.3 is 0 Å². The zero-order valence-corrected chi connectivity index (χ0v) is 10.0. The van der Waals surface area contributed by atoms with E-state index in [4.69, 9.17) is 5.11 Å². The first-order valence-corrected chi connectivity index (χ1v) is 5.53. The van der Waals surface area contributed by atoms with Crippen LogP contribution >= 0.6 is 0 Å². The van der Waals surface area contributed by atoms with Gasteiger partial charge in [0, 0.05) is 18.2 Å². The van der Waals surface area contributed by atoms with Crippen LogP contribution in [0.3, 0.4) is 0 Å². The Bertz CT molecular complexity index is 363. The largest absolute Gasteiger partial charge is 0.396 e. The summed E-state index contributed by atoms with van der Waals surface area (Å²) in [6.45, 7) is 5.80. The zero-order valence-electron chi connectivity index (χ0n) is 10.0. The van der Waals surface area contributed by atoms with Crippen molar-refractivity contribution in [3.05, 3.63) is 35.4 Å². The number of carbonyl (C=O) groups is 1. The van der Waals surface area contributed by atoms with Crippen LogP contribution in [-0.4, -0.2) is 23.7 Å². The summed E-state index contributed by atoms with van der Waals surface area (Å²) in [5.74, 6) is -0.0149. The van der Waals surface area contributed by atoms with E-state index in [0.29, 0.717) is 5.56 Å². The summed E-state index contributed by atoms with van der Waals surface area (Å²) in [6, 6.07) is 7.45. The quantitative estimate of drug-likeness (QED) is 0.813. The molecule has 0 aromatic heterocycles. The van der Waals surface area contributed by atoms with Crippen molar-refractivity contribution in [3.63, 3.8) is 0 Å². The monoisotopic (exact) mass is 221 g/mol. The number of benzene rings is 1. The first kappa shape index (κ1) is 12.7. The number of aliphatic hydroxyl groups is 1. The molecule has 1 aromatic carbocycles. The number of hydrogen-bond acceptors (Lipinski definition) is 2. The van der Waals surface area contributed by atoms with Gasteiger partial charge in [0.1, 0.15) is 0 Å². The molecule has 0 aliphatic heterocycles. The average Bonchev–Trinajstić information content (AvgIpc) is 2.28. The SMILES string of the molecule is Cc1ccccc1C(=O)NC(C)C(C)CO. The van der Waals surface area contributed by atoms with Gasteiger partial charge in [-0.25, -0.2) is 0 Å². The second-order valence-electron chi connectivity index (χ2n) is 4.24. The molecule has 0 aliphatic carbocycles. The van der Waals surface area contributed by atoms with Gasteiger partial charge in [-0.1, -0.05) is 25.1 Å². The van der Waals surface area contributed by atoms with Crippen LogP contribution in [0.5, 0.6) is 0 Å². The first-order valence-electron chi connectivity index (χ1n) is 5.53. The highest BCUT2D eigenvalue weighted by atomic mass is 16.3. The van der Waals surface area contributed by atoms with Crippen LogP contribution in [0.15, 0.2) is 24.3 Å². The predicted octanol–water partition coefficient (Wildman–Crippen LogP) is 1.74. The van der Waals surface area contributed by atoms with Gasteiger partial charge in [0.15, 0.2) is 0 Å². The van der Waals surface area contributed by atoms with Crippen LogP contribution in [-0.2, 0) is 0 Å². The number of hydrogen-bond donors (Lipinski definition) is 2. The minimum Gasteiger partial charge on any atom is -0.396 e. The standard InChI is InChI=1S/C13H19NO2/c1-9-6-4-5-7-12(9)13(16)14-11(3)10(2)8-15/h4-7,10-11,15H,8H2,1-3H3,(H,14,16). The molecule has 16 heavy (non-hydrogen) atoms. The van der Waals surface area contributed by atoms with Gasteiger partial charge in [-0.2, -0.15) is 0 Å². The van der Waals surface area contributed by atoms with Crippen molar-refractivity contribution >= 4 is 5.91 Å². The summed E-state index contributed by atoms with van der Waals surface area (Å²) >= 11 is 0. The molecule has 1 amide bonds. The molecular weight excluding hydrogens is 202 g/mol. The predicted molar refractivity (Wildman–Crippen MR) is 64.4 cm³/mol. The molecule has 0 heterocycles. The van der Waals surface area contributed by atoms with E-state index < -0.39 is 0 Å². The molecule has 0 fully saturated rings. The fraction of sp³-hybridized carbons (Fsp3) is 0.462. The molecule has 2 atom stereocenters. The van der Waals surface area contributed by atoms with Crippen molar-refractivity contribution in [1.82, 2.24) is 5.32 Å². The van der Waals surface area contributed by atoms with Gasteiger partial charge in [0.2, 0.25) is 0 Å². The average molecular weight is 221 g/mol. The van der Waals surface area contributed by atoms with E-state index in [1.807, 2.05) is 39.0 Å². The summed E-state index contributed by atoms with van der Waals surface area (Å²) in [7, 11) is 0. The number of nitrogens with one attached hydrogen (secondary N) is 1. The summed E-state index contributed by atoms with van der Waals surface area (Å²) < 4.78 is 0. The Kier molecular flexibility index (Phi) is 4.50. The highest BCUT2D eigenvalue weighted by Gasteiger charge is 2.15. The van der Waals surface area contributed by atoms with Crippen LogP contribution in [0.25, 0.3) is 0 Å². The van der Waals surface area contributed by atoms with E-state index in [9.17, 15) is 4.79 Å². The van der Waals surface area contributed by atoms with Crippen molar-refractivity contribution in [2.45, 2.75) is 26.8 Å². The molecule has 1 aromatic rings. The number of aryl methyl sites for hydroxylation is 1. The lowest BCUT2D eigenvalue weighted by Crippen LogP contribution is -2.38. The van der Waals surface area contributed by atoms with Crippen LogP contribution in [0.2, 0.25) is 0 Å². The molecule has 0 bridgehead atoms. The minimum atomic E-state index is -0.0779. The number of amides is 1.